The van der Waals surface area contributed by atoms with E-state index < -0.39 is 12.0 Å². The number of carbonyl (C=O) groups is 2. The van der Waals surface area contributed by atoms with E-state index in [-0.39, 0.29) is 17.1 Å². The number of amides is 1. The van der Waals surface area contributed by atoms with Crippen LogP contribution in [0.2, 0.25) is 0 Å². The van der Waals surface area contributed by atoms with E-state index in [9.17, 15) is 9.59 Å². The first-order chi connectivity index (χ1) is 9.20. The highest BCUT2D eigenvalue weighted by atomic mass is 32.2. The molecule has 0 bridgehead atoms. The molecule has 0 aliphatic carbocycles. The van der Waals surface area contributed by atoms with Crippen molar-refractivity contribution >= 4 is 23.6 Å². The number of carboxylic acid groups (broad SMARTS) is 1. The summed E-state index contributed by atoms with van der Waals surface area (Å²) in [5.41, 5.74) is 1.16. The van der Waals surface area contributed by atoms with Crippen LogP contribution in [-0.2, 0) is 15.0 Å². The van der Waals surface area contributed by atoms with Gasteiger partial charge in [-0.1, -0.05) is 26.8 Å². The minimum atomic E-state index is -1.04. The topological polar surface area (TPSA) is 79.3 Å². The minimum absolute atomic E-state index is 0.0377. The first-order valence-electron chi connectivity index (χ1n) is 6.29. The molecule has 0 fully saturated rings. The molecule has 0 aliphatic heterocycles. The van der Waals surface area contributed by atoms with Gasteiger partial charge in [0.05, 0.1) is 5.03 Å². The Morgan fingerprint density at radius 2 is 2.05 bits per heavy atom. The molecule has 1 heterocycles. The fourth-order valence-corrected chi connectivity index (χ4v) is 2.35. The number of aliphatic carboxylic acids is 1. The lowest BCUT2D eigenvalue weighted by Crippen LogP contribution is -2.41. The van der Waals surface area contributed by atoms with Crippen LogP contribution in [0.4, 0.5) is 0 Å². The van der Waals surface area contributed by atoms with Crippen LogP contribution < -0.4 is 5.32 Å². The Hall–Kier alpha value is -1.56. The van der Waals surface area contributed by atoms with E-state index in [0.29, 0.717) is 0 Å². The molecule has 1 rings (SSSR count). The molecule has 0 aromatic carbocycles. The Bertz CT molecular complexity index is 480. The molecule has 0 radical (unpaired) electrons. The first kappa shape index (κ1) is 16.5. The second kappa shape index (κ2) is 6.74. The molecule has 1 atom stereocenters. The zero-order valence-electron chi connectivity index (χ0n) is 12.1. The van der Waals surface area contributed by atoms with Crippen LogP contribution in [0.15, 0.2) is 23.4 Å². The maximum atomic E-state index is 11.0. The molecular weight excluding hydrogens is 276 g/mol. The molecule has 1 aromatic rings. The summed E-state index contributed by atoms with van der Waals surface area (Å²) in [5, 5.41) is 12.1. The fraction of sp³-hybridized carbons (Fsp3) is 0.500. The number of nitrogens with zero attached hydrogens (tertiary/aromatic N) is 1. The third-order valence-electron chi connectivity index (χ3n) is 2.68. The van der Waals surface area contributed by atoms with Crippen LogP contribution in [0.5, 0.6) is 0 Å². The van der Waals surface area contributed by atoms with Gasteiger partial charge in [-0.15, -0.1) is 11.8 Å². The summed E-state index contributed by atoms with van der Waals surface area (Å²) >= 11 is 1.31. The van der Waals surface area contributed by atoms with E-state index >= 15 is 0 Å². The van der Waals surface area contributed by atoms with Crippen LogP contribution in [0.1, 0.15) is 33.3 Å². The van der Waals surface area contributed by atoms with Crippen molar-refractivity contribution in [1.29, 1.82) is 0 Å². The minimum Gasteiger partial charge on any atom is -0.480 e. The number of hydrogen-bond acceptors (Lipinski definition) is 4. The van der Waals surface area contributed by atoms with Gasteiger partial charge in [-0.2, -0.15) is 0 Å². The maximum Gasteiger partial charge on any atom is 0.327 e. The van der Waals surface area contributed by atoms with E-state index in [0.717, 1.165) is 10.6 Å². The number of thioether (sulfide) groups is 1. The molecule has 0 aliphatic rings. The molecule has 1 unspecified atom stereocenters. The lowest BCUT2D eigenvalue weighted by Gasteiger charge is -2.18. The molecular formula is C14H20N2O3S. The molecule has 20 heavy (non-hydrogen) atoms. The van der Waals surface area contributed by atoms with E-state index in [1.165, 1.54) is 18.7 Å². The molecule has 1 aromatic heterocycles. The molecule has 6 heteroatoms. The normalized spacial score (nSPS) is 12.8. The number of nitrogens with one attached hydrogen (secondary N) is 1. The summed E-state index contributed by atoms with van der Waals surface area (Å²) in [6.45, 7) is 7.62. The number of pyridine rings is 1. The Labute approximate surface area is 123 Å². The van der Waals surface area contributed by atoms with Crippen LogP contribution >= 0.6 is 11.8 Å². The van der Waals surface area contributed by atoms with Crippen LogP contribution in [0, 0.1) is 0 Å². The van der Waals surface area contributed by atoms with E-state index in [2.05, 4.69) is 31.1 Å². The van der Waals surface area contributed by atoms with Crippen molar-refractivity contribution in [1.82, 2.24) is 10.3 Å². The van der Waals surface area contributed by atoms with Gasteiger partial charge in [-0.25, -0.2) is 9.78 Å². The van der Waals surface area contributed by atoms with E-state index in [1.54, 1.807) is 6.20 Å². The number of carbonyl (C=O) groups excluding carboxylic acids is 1. The van der Waals surface area contributed by atoms with Crippen molar-refractivity contribution in [2.75, 3.05) is 5.75 Å². The Balaban J connectivity index is 2.64. The molecule has 5 nitrogen and oxygen atoms in total. The molecule has 110 valence electrons. The van der Waals surface area contributed by atoms with Gasteiger partial charge >= 0.3 is 5.97 Å². The highest BCUT2D eigenvalue weighted by Gasteiger charge is 2.19. The van der Waals surface area contributed by atoms with Crippen LogP contribution in [0.3, 0.4) is 0 Å². The van der Waals surface area contributed by atoms with Crippen molar-refractivity contribution in [2.45, 2.75) is 44.2 Å². The first-order valence-corrected chi connectivity index (χ1v) is 7.28. The van der Waals surface area contributed by atoms with Gasteiger partial charge in [0.25, 0.3) is 0 Å². The van der Waals surface area contributed by atoms with Gasteiger partial charge in [-0.05, 0) is 17.0 Å². The Kier molecular flexibility index (Phi) is 5.56. The highest BCUT2D eigenvalue weighted by molar-refractivity contribution is 7.99. The lowest BCUT2D eigenvalue weighted by molar-refractivity contribution is -0.140. The number of carboxylic acids is 1. The smallest absolute Gasteiger partial charge is 0.327 e. The number of aromatic nitrogens is 1. The van der Waals surface area contributed by atoms with Gasteiger partial charge in [0, 0.05) is 18.9 Å². The Morgan fingerprint density at radius 3 is 2.45 bits per heavy atom. The van der Waals surface area contributed by atoms with Crippen molar-refractivity contribution in [3.63, 3.8) is 0 Å². The second-order valence-electron chi connectivity index (χ2n) is 5.54. The third-order valence-corrected chi connectivity index (χ3v) is 3.71. The molecule has 0 spiro atoms. The quantitative estimate of drug-likeness (QED) is 0.813. The van der Waals surface area contributed by atoms with Gasteiger partial charge in [0.15, 0.2) is 0 Å². The SMILES string of the molecule is CC(=O)NC(CSc1ccc(C(C)(C)C)cn1)C(=O)O. The predicted octanol–water partition coefficient (Wildman–Crippen LogP) is 2.06. The highest BCUT2D eigenvalue weighted by Crippen LogP contribution is 2.23. The van der Waals surface area contributed by atoms with Gasteiger partial charge in [0.1, 0.15) is 6.04 Å². The summed E-state index contributed by atoms with van der Waals surface area (Å²) in [5.74, 6) is -1.15. The summed E-state index contributed by atoms with van der Waals surface area (Å²) < 4.78 is 0. The van der Waals surface area contributed by atoms with Crippen molar-refractivity contribution in [2.24, 2.45) is 0 Å². The monoisotopic (exact) mass is 296 g/mol. The van der Waals surface area contributed by atoms with Crippen molar-refractivity contribution < 1.29 is 14.7 Å². The number of hydrogen-bond donors (Lipinski definition) is 2. The predicted molar refractivity (Wildman–Crippen MR) is 78.9 cm³/mol. The number of rotatable bonds is 5. The zero-order chi connectivity index (χ0) is 15.3. The molecule has 0 saturated carbocycles. The van der Waals surface area contributed by atoms with Gasteiger partial charge < -0.3 is 10.4 Å². The Morgan fingerprint density at radius 1 is 1.40 bits per heavy atom. The summed E-state index contributed by atoms with van der Waals surface area (Å²) in [4.78, 5) is 26.2. The van der Waals surface area contributed by atoms with Crippen LogP contribution in [-0.4, -0.2) is 33.8 Å². The summed E-state index contributed by atoms with van der Waals surface area (Å²) in [6.07, 6.45) is 1.80. The summed E-state index contributed by atoms with van der Waals surface area (Å²) in [7, 11) is 0. The maximum absolute atomic E-state index is 11.0. The van der Waals surface area contributed by atoms with Gasteiger partial charge in [-0.3, -0.25) is 4.79 Å². The van der Waals surface area contributed by atoms with E-state index in [4.69, 9.17) is 5.11 Å². The molecule has 2 N–H and O–H groups in total. The third kappa shape index (κ3) is 5.21. The molecule has 0 saturated heterocycles. The average molecular weight is 296 g/mol. The second-order valence-corrected chi connectivity index (χ2v) is 6.58. The van der Waals surface area contributed by atoms with E-state index in [1.807, 2.05) is 12.1 Å². The lowest BCUT2D eigenvalue weighted by atomic mass is 9.88. The van der Waals surface area contributed by atoms with Crippen molar-refractivity contribution in [3.05, 3.63) is 23.9 Å². The standard InChI is InChI=1S/C14H20N2O3S/c1-9(17)16-11(13(18)19)8-20-12-6-5-10(7-15-12)14(2,3)4/h5-7,11H,8H2,1-4H3,(H,16,17)(H,18,19). The van der Waals surface area contributed by atoms with Crippen molar-refractivity contribution in [3.8, 4) is 0 Å². The summed E-state index contributed by atoms with van der Waals surface area (Å²) in [6, 6.07) is 2.96. The average Bonchev–Trinajstić information content (AvgIpc) is 2.33. The molecule has 1 amide bonds. The largest absolute Gasteiger partial charge is 0.480 e. The fourth-order valence-electron chi connectivity index (χ4n) is 1.50. The zero-order valence-corrected chi connectivity index (χ0v) is 13.0. The van der Waals surface area contributed by atoms with Gasteiger partial charge in [0.2, 0.25) is 5.91 Å². The van der Waals surface area contributed by atoms with Crippen LogP contribution in [0.25, 0.3) is 0 Å².